The molecular weight excluding hydrogens is 380 g/mol. The topological polar surface area (TPSA) is 196 Å². The van der Waals surface area contributed by atoms with E-state index in [0.29, 0.717) is 22.5 Å². The lowest BCUT2D eigenvalue weighted by molar-refractivity contribution is -0.384. The van der Waals surface area contributed by atoms with E-state index in [1.165, 1.54) is 25.1 Å². The van der Waals surface area contributed by atoms with Crippen molar-refractivity contribution in [2.75, 3.05) is 17.2 Å². The zero-order chi connectivity index (χ0) is 21.6. The SMILES string of the molecule is C.CC(C(=O)O)c1ccc(N)c(N)c1.CC(C(=O)O)c1ccc(N)c([N+](=O)[O-])c1. The highest BCUT2D eigenvalue weighted by molar-refractivity contribution is 5.77. The Balaban J connectivity index is 0.000000527. The van der Waals surface area contributed by atoms with Crippen LogP contribution in [0.1, 0.15) is 44.2 Å². The van der Waals surface area contributed by atoms with Crippen LogP contribution in [-0.2, 0) is 9.59 Å². The van der Waals surface area contributed by atoms with Gasteiger partial charge in [0, 0.05) is 6.07 Å². The normalized spacial score (nSPS) is 11.8. The predicted octanol–water partition coefficient (Wildman–Crippen LogP) is 3.04. The van der Waals surface area contributed by atoms with Gasteiger partial charge in [0.2, 0.25) is 0 Å². The van der Waals surface area contributed by atoms with Crippen molar-refractivity contribution in [3.8, 4) is 0 Å². The number of benzene rings is 2. The lowest BCUT2D eigenvalue weighted by Crippen LogP contribution is -2.08. The van der Waals surface area contributed by atoms with E-state index in [0.717, 1.165) is 0 Å². The van der Waals surface area contributed by atoms with Crippen LogP contribution in [0.3, 0.4) is 0 Å². The van der Waals surface area contributed by atoms with E-state index in [1.807, 2.05) is 0 Å². The first-order valence-corrected chi connectivity index (χ1v) is 8.10. The fourth-order valence-corrected chi connectivity index (χ4v) is 2.14. The van der Waals surface area contributed by atoms with Crippen molar-refractivity contribution < 1.29 is 24.7 Å². The number of carbonyl (C=O) groups is 2. The van der Waals surface area contributed by atoms with E-state index >= 15 is 0 Å². The number of nitrogens with two attached hydrogens (primary N) is 3. The molecule has 2 aromatic rings. The third-order valence-electron chi connectivity index (χ3n) is 4.10. The lowest BCUT2D eigenvalue weighted by Gasteiger charge is -2.08. The van der Waals surface area contributed by atoms with Gasteiger partial charge < -0.3 is 27.4 Å². The van der Waals surface area contributed by atoms with Crippen molar-refractivity contribution >= 4 is 34.7 Å². The molecule has 0 saturated carbocycles. The highest BCUT2D eigenvalue weighted by atomic mass is 16.6. The van der Waals surface area contributed by atoms with E-state index < -0.39 is 28.7 Å². The number of nitro benzene ring substituents is 1. The maximum atomic E-state index is 10.7. The number of anilines is 3. The number of nitro groups is 1. The summed E-state index contributed by atoms with van der Waals surface area (Å²) >= 11 is 0. The molecule has 0 aliphatic rings. The molecule has 2 aromatic carbocycles. The van der Waals surface area contributed by atoms with Crippen LogP contribution in [0.25, 0.3) is 0 Å². The molecule has 0 aliphatic carbocycles. The van der Waals surface area contributed by atoms with Crippen LogP contribution in [0.4, 0.5) is 22.7 Å². The number of hydrogen-bond donors (Lipinski definition) is 5. The lowest BCUT2D eigenvalue weighted by atomic mass is 10.0. The monoisotopic (exact) mass is 406 g/mol. The van der Waals surface area contributed by atoms with Crippen LogP contribution in [0.2, 0.25) is 0 Å². The van der Waals surface area contributed by atoms with Gasteiger partial charge in [-0.25, -0.2) is 0 Å². The average Bonchev–Trinajstić information content (AvgIpc) is 2.63. The first kappa shape index (κ1) is 25.2. The highest BCUT2D eigenvalue weighted by Crippen LogP contribution is 2.26. The third-order valence-corrected chi connectivity index (χ3v) is 4.10. The zero-order valence-corrected chi connectivity index (χ0v) is 15.3. The van der Waals surface area contributed by atoms with E-state index in [-0.39, 0.29) is 18.8 Å². The van der Waals surface area contributed by atoms with Gasteiger partial charge in [0.15, 0.2) is 0 Å². The van der Waals surface area contributed by atoms with Gasteiger partial charge in [-0.2, -0.15) is 0 Å². The van der Waals surface area contributed by atoms with Gasteiger partial charge in [0.05, 0.1) is 28.1 Å². The first-order chi connectivity index (χ1) is 13.0. The maximum Gasteiger partial charge on any atom is 0.310 e. The Hall–Kier alpha value is -3.82. The van der Waals surface area contributed by atoms with Gasteiger partial charge in [0.1, 0.15) is 5.69 Å². The Labute approximate surface area is 168 Å². The molecule has 0 amide bonds. The number of carboxylic acid groups (broad SMARTS) is 2. The fourth-order valence-electron chi connectivity index (χ4n) is 2.14. The Morgan fingerprint density at radius 3 is 1.66 bits per heavy atom. The number of carboxylic acids is 2. The molecule has 10 nitrogen and oxygen atoms in total. The molecule has 0 aliphatic heterocycles. The van der Waals surface area contributed by atoms with Crippen molar-refractivity contribution in [1.29, 1.82) is 0 Å². The quantitative estimate of drug-likeness (QED) is 0.281. The zero-order valence-electron chi connectivity index (χ0n) is 15.3. The predicted molar refractivity (Wildman–Crippen MR) is 112 cm³/mol. The minimum atomic E-state index is -1.03. The molecule has 8 N–H and O–H groups in total. The summed E-state index contributed by atoms with van der Waals surface area (Å²) in [5, 5.41) is 28.0. The van der Waals surface area contributed by atoms with Crippen LogP contribution < -0.4 is 17.2 Å². The van der Waals surface area contributed by atoms with Gasteiger partial charge in [-0.15, -0.1) is 0 Å². The van der Waals surface area contributed by atoms with Crippen LogP contribution in [0.5, 0.6) is 0 Å². The van der Waals surface area contributed by atoms with Crippen molar-refractivity contribution in [2.24, 2.45) is 0 Å². The Kier molecular flexibility index (Phi) is 9.11. The van der Waals surface area contributed by atoms with Crippen LogP contribution >= 0.6 is 0 Å². The minimum Gasteiger partial charge on any atom is -0.481 e. The van der Waals surface area contributed by atoms with Gasteiger partial charge in [0.25, 0.3) is 5.69 Å². The van der Waals surface area contributed by atoms with Crippen molar-refractivity contribution in [1.82, 2.24) is 0 Å². The van der Waals surface area contributed by atoms with Crippen LogP contribution in [-0.4, -0.2) is 27.1 Å². The molecule has 0 saturated heterocycles. The molecule has 2 unspecified atom stereocenters. The van der Waals surface area contributed by atoms with Gasteiger partial charge >= 0.3 is 11.9 Å². The molecule has 0 bridgehead atoms. The first-order valence-electron chi connectivity index (χ1n) is 8.10. The summed E-state index contributed by atoms with van der Waals surface area (Å²) in [4.78, 5) is 31.2. The molecule has 0 aromatic heterocycles. The Morgan fingerprint density at radius 2 is 1.28 bits per heavy atom. The largest absolute Gasteiger partial charge is 0.481 e. The van der Waals surface area contributed by atoms with Crippen molar-refractivity contribution in [3.05, 3.63) is 57.6 Å². The van der Waals surface area contributed by atoms with E-state index in [2.05, 4.69) is 0 Å². The maximum absolute atomic E-state index is 10.7. The van der Waals surface area contributed by atoms with Crippen LogP contribution in [0.15, 0.2) is 36.4 Å². The molecule has 0 radical (unpaired) electrons. The number of hydrogen-bond acceptors (Lipinski definition) is 7. The minimum absolute atomic E-state index is 0. The summed E-state index contributed by atoms with van der Waals surface area (Å²) < 4.78 is 0. The highest BCUT2D eigenvalue weighted by Gasteiger charge is 2.19. The van der Waals surface area contributed by atoms with Gasteiger partial charge in [-0.3, -0.25) is 19.7 Å². The fraction of sp³-hybridized carbons (Fsp3) is 0.263. The molecule has 10 heteroatoms. The van der Waals surface area contributed by atoms with Crippen molar-refractivity contribution in [2.45, 2.75) is 33.1 Å². The number of nitrogen functional groups attached to an aromatic ring is 3. The molecule has 158 valence electrons. The summed E-state index contributed by atoms with van der Waals surface area (Å²) in [5.41, 5.74) is 18.1. The number of rotatable bonds is 5. The second-order valence-electron chi connectivity index (χ2n) is 6.08. The van der Waals surface area contributed by atoms with E-state index in [9.17, 15) is 19.7 Å². The number of aliphatic carboxylic acids is 2. The van der Waals surface area contributed by atoms with E-state index in [1.54, 1.807) is 25.1 Å². The molecule has 2 rings (SSSR count). The molecule has 0 heterocycles. The second kappa shape index (κ2) is 10.5. The smallest absolute Gasteiger partial charge is 0.310 e. The summed E-state index contributed by atoms with van der Waals surface area (Å²) in [7, 11) is 0. The molecular formula is C19H26N4O6. The van der Waals surface area contributed by atoms with Crippen molar-refractivity contribution in [3.63, 3.8) is 0 Å². The summed E-state index contributed by atoms with van der Waals surface area (Å²) in [6, 6.07) is 8.88. The van der Waals surface area contributed by atoms with Gasteiger partial charge in [-0.05, 0) is 43.2 Å². The Bertz CT molecular complexity index is 900. The van der Waals surface area contributed by atoms with Gasteiger partial charge in [-0.1, -0.05) is 19.6 Å². The molecule has 0 spiro atoms. The van der Waals surface area contributed by atoms with Crippen LogP contribution in [0, 0.1) is 10.1 Å². The molecule has 29 heavy (non-hydrogen) atoms. The number of nitrogens with zero attached hydrogens (tertiary/aromatic N) is 1. The Morgan fingerprint density at radius 1 is 0.862 bits per heavy atom. The average molecular weight is 406 g/mol. The molecule has 2 atom stereocenters. The third kappa shape index (κ3) is 6.69. The van der Waals surface area contributed by atoms with E-state index in [4.69, 9.17) is 27.4 Å². The second-order valence-corrected chi connectivity index (χ2v) is 6.08. The standard InChI is InChI=1S/C9H10N2O4.C9H12N2O2.CH4/c1-5(9(12)13)6-2-3-7(10)8(4-6)11(14)15;1-5(9(12)13)6-2-3-7(10)8(11)4-6;/h2-5H,10H2,1H3,(H,12,13);2-5H,10-11H2,1H3,(H,12,13);1H4. The summed E-state index contributed by atoms with van der Waals surface area (Å²) in [6.07, 6.45) is 0. The summed E-state index contributed by atoms with van der Waals surface area (Å²) in [5.74, 6) is -3.24. The molecule has 0 fully saturated rings. The summed E-state index contributed by atoms with van der Waals surface area (Å²) in [6.45, 7) is 3.06.